The lowest BCUT2D eigenvalue weighted by Gasteiger charge is -1.99. The van der Waals surface area contributed by atoms with E-state index in [1.54, 1.807) is 17.5 Å². The van der Waals surface area contributed by atoms with Crippen LogP contribution in [0.25, 0.3) is 10.6 Å². The molecule has 1 aromatic carbocycles. The van der Waals surface area contributed by atoms with Crippen LogP contribution in [0.1, 0.15) is 5.69 Å². The summed E-state index contributed by atoms with van der Waals surface area (Å²) in [7, 11) is 0. The lowest BCUT2D eigenvalue weighted by atomic mass is 10.2. The van der Waals surface area contributed by atoms with Crippen molar-refractivity contribution in [3.63, 3.8) is 0 Å². The van der Waals surface area contributed by atoms with Crippen molar-refractivity contribution in [3.05, 3.63) is 40.4 Å². The van der Waals surface area contributed by atoms with E-state index < -0.39 is 5.97 Å². The number of benzene rings is 1. The Morgan fingerprint density at radius 2 is 2.20 bits per heavy atom. The summed E-state index contributed by atoms with van der Waals surface area (Å²) < 4.78 is 0. The van der Waals surface area contributed by atoms with Crippen LogP contribution in [-0.2, 0) is 16.0 Å². The Bertz CT molecular complexity index is 642. The Morgan fingerprint density at radius 1 is 1.40 bits per heavy atom. The SMILES string of the molecule is O=C(O)CNC(=O)Cc1csc(-c2cccc(Cl)c2)n1. The third kappa shape index (κ3) is 4.04. The normalized spacial score (nSPS) is 10.2. The van der Waals surface area contributed by atoms with E-state index in [0.29, 0.717) is 10.7 Å². The first-order valence-electron chi connectivity index (χ1n) is 5.73. The molecule has 104 valence electrons. The predicted molar refractivity (Wildman–Crippen MR) is 76.9 cm³/mol. The first kappa shape index (κ1) is 14.5. The Kier molecular flexibility index (Phi) is 4.70. The highest BCUT2D eigenvalue weighted by Crippen LogP contribution is 2.26. The molecule has 20 heavy (non-hydrogen) atoms. The zero-order valence-corrected chi connectivity index (χ0v) is 11.9. The van der Waals surface area contributed by atoms with Crippen LogP contribution >= 0.6 is 22.9 Å². The molecule has 2 rings (SSSR count). The van der Waals surface area contributed by atoms with Crippen LogP contribution in [0.3, 0.4) is 0 Å². The predicted octanol–water partition coefficient (Wildman–Crippen LogP) is 2.21. The number of halogens is 1. The minimum atomic E-state index is -1.07. The molecule has 0 saturated heterocycles. The molecule has 0 aliphatic carbocycles. The van der Waals surface area contributed by atoms with Gasteiger partial charge >= 0.3 is 5.97 Å². The van der Waals surface area contributed by atoms with E-state index in [4.69, 9.17) is 16.7 Å². The fraction of sp³-hybridized carbons (Fsp3) is 0.154. The highest BCUT2D eigenvalue weighted by molar-refractivity contribution is 7.13. The maximum absolute atomic E-state index is 11.5. The quantitative estimate of drug-likeness (QED) is 0.887. The Morgan fingerprint density at radius 3 is 2.90 bits per heavy atom. The zero-order chi connectivity index (χ0) is 14.5. The summed E-state index contributed by atoms with van der Waals surface area (Å²) in [4.78, 5) is 26.2. The van der Waals surface area contributed by atoms with Crippen molar-refractivity contribution in [1.29, 1.82) is 0 Å². The number of thiazole rings is 1. The molecule has 0 atom stereocenters. The molecule has 0 aliphatic rings. The summed E-state index contributed by atoms with van der Waals surface area (Å²) in [5.74, 6) is -1.44. The van der Waals surface area contributed by atoms with Crippen LogP contribution in [0.5, 0.6) is 0 Å². The average Bonchev–Trinajstić information content (AvgIpc) is 2.85. The topological polar surface area (TPSA) is 79.3 Å². The molecule has 7 heteroatoms. The van der Waals surface area contributed by atoms with E-state index in [1.807, 2.05) is 12.1 Å². The van der Waals surface area contributed by atoms with Gasteiger partial charge in [-0.25, -0.2) is 4.98 Å². The number of hydrogen-bond acceptors (Lipinski definition) is 4. The van der Waals surface area contributed by atoms with Crippen LogP contribution < -0.4 is 5.32 Å². The van der Waals surface area contributed by atoms with Gasteiger partial charge in [0.1, 0.15) is 11.6 Å². The maximum Gasteiger partial charge on any atom is 0.322 e. The summed E-state index contributed by atoms with van der Waals surface area (Å²) >= 11 is 7.33. The molecule has 1 heterocycles. The summed E-state index contributed by atoms with van der Waals surface area (Å²) in [5.41, 5.74) is 1.49. The molecule has 0 saturated carbocycles. The van der Waals surface area contributed by atoms with E-state index in [0.717, 1.165) is 10.6 Å². The van der Waals surface area contributed by atoms with Crippen molar-refractivity contribution in [2.45, 2.75) is 6.42 Å². The van der Waals surface area contributed by atoms with Gasteiger partial charge < -0.3 is 10.4 Å². The van der Waals surface area contributed by atoms with E-state index >= 15 is 0 Å². The van der Waals surface area contributed by atoms with Gasteiger partial charge in [0.25, 0.3) is 0 Å². The van der Waals surface area contributed by atoms with Crippen molar-refractivity contribution in [2.24, 2.45) is 0 Å². The molecule has 2 aromatic rings. The summed E-state index contributed by atoms with van der Waals surface area (Å²) in [6.45, 7) is -0.385. The van der Waals surface area contributed by atoms with Gasteiger partial charge in [-0.05, 0) is 12.1 Å². The summed E-state index contributed by atoms with van der Waals surface area (Å²) in [5, 5.41) is 13.9. The summed E-state index contributed by atoms with van der Waals surface area (Å²) in [6, 6.07) is 7.30. The van der Waals surface area contributed by atoms with Crippen LogP contribution in [0.4, 0.5) is 0 Å². The van der Waals surface area contributed by atoms with Gasteiger partial charge in [0.05, 0.1) is 12.1 Å². The van der Waals surface area contributed by atoms with Crippen LogP contribution in [0.2, 0.25) is 5.02 Å². The van der Waals surface area contributed by atoms with Crippen LogP contribution in [-0.4, -0.2) is 28.5 Å². The molecule has 0 radical (unpaired) electrons. The minimum absolute atomic E-state index is 0.0599. The fourth-order valence-electron chi connectivity index (χ4n) is 1.54. The van der Waals surface area contributed by atoms with Gasteiger partial charge in [0.15, 0.2) is 0 Å². The molecule has 1 aromatic heterocycles. The average molecular weight is 311 g/mol. The van der Waals surface area contributed by atoms with Crippen molar-refractivity contribution in [1.82, 2.24) is 10.3 Å². The number of carbonyl (C=O) groups is 2. The molecular formula is C13H11ClN2O3S. The molecule has 0 fully saturated rings. The Labute approximate surface area is 124 Å². The number of carboxylic acid groups (broad SMARTS) is 1. The maximum atomic E-state index is 11.5. The van der Waals surface area contributed by atoms with E-state index in [2.05, 4.69) is 10.3 Å². The van der Waals surface area contributed by atoms with Gasteiger partial charge in [0, 0.05) is 16.0 Å². The zero-order valence-electron chi connectivity index (χ0n) is 10.3. The smallest absolute Gasteiger partial charge is 0.322 e. The van der Waals surface area contributed by atoms with E-state index in [1.165, 1.54) is 11.3 Å². The molecule has 0 bridgehead atoms. The van der Waals surface area contributed by atoms with Crippen molar-refractivity contribution >= 4 is 34.8 Å². The lowest BCUT2D eigenvalue weighted by molar-refractivity contribution is -0.137. The molecule has 0 aliphatic heterocycles. The molecule has 1 amide bonds. The highest BCUT2D eigenvalue weighted by atomic mass is 35.5. The first-order valence-corrected chi connectivity index (χ1v) is 6.99. The van der Waals surface area contributed by atoms with Crippen LogP contribution in [0, 0.1) is 0 Å². The fourth-order valence-corrected chi connectivity index (χ4v) is 2.55. The highest BCUT2D eigenvalue weighted by Gasteiger charge is 2.10. The second-order valence-corrected chi connectivity index (χ2v) is 5.30. The van der Waals surface area contributed by atoms with Crippen molar-refractivity contribution < 1.29 is 14.7 Å². The number of carbonyl (C=O) groups excluding carboxylic acids is 1. The summed E-state index contributed by atoms with van der Waals surface area (Å²) in [6.07, 6.45) is 0.0599. The molecule has 2 N–H and O–H groups in total. The number of hydrogen-bond donors (Lipinski definition) is 2. The molecule has 0 unspecified atom stereocenters. The second-order valence-electron chi connectivity index (χ2n) is 4.00. The van der Waals surface area contributed by atoms with Gasteiger partial charge in [-0.3, -0.25) is 9.59 Å². The molecule has 0 spiro atoms. The number of aliphatic carboxylic acids is 1. The Balaban J connectivity index is 2.02. The van der Waals surface area contributed by atoms with E-state index in [9.17, 15) is 9.59 Å². The third-order valence-electron chi connectivity index (χ3n) is 2.40. The number of amides is 1. The second kappa shape index (κ2) is 6.49. The third-order valence-corrected chi connectivity index (χ3v) is 3.58. The van der Waals surface area contributed by atoms with Crippen molar-refractivity contribution in [3.8, 4) is 10.6 Å². The molecular weight excluding hydrogens is 300 g/mol. The number of carboxylic acids is 1. The largest absolute Gasteiger partial charge is 0.480 e. The van der Waals surface area contributed by atoms with Gasteiger partial charge in [0.2, 0.25) is 5.91 Å². The number of nitrogens with zero attached hydrogens (tertiary/aromatic N) is 1. The molecule has 5 nitrogen and oxygen atoms in total. The van der Waals surface area contributed by atoms with E-state index in [-0.39, 0.29) is 18.9 Å². The van der Waals surface area contributed by atoms with Gasteiger partial charge in [-0.15, -0.1) is 11.3 Å². The van der Waals surface area contributed by atoms with Crippen molar-refractivity contribution in [2.75, 3.05) is 6.54 Å². The monoisotopic (exact) mass is 310 g/mol. The number of aromatic nitrogens is 1. The first-order chi connectivity index (χ1) is 9.54. The standard InChI is InChI=1S/C13H11ClN2O3S/c14-9-3-1-2-8(4-9)13-16-10(7-20-13)5-11(17)15-6-12(18)19/h1-4,7H,5-6H2,(H,15,17)(H,18,19). The lowest BCUT2D eigenvalue weighted by Crippen LogP contribution is -2.30. The minimum Gasteiger partial charge on any atom is -0.480 e. The van der Waals surface area contributed by atoms with Gasteiger partial charge in [-0.2, -0.15) is 0 Å². The van der Waals surface area contributed by atoms with Gasteiger partial charge in [-0.1, -0.05) is 23.7 Å². The van der Waals surface area contributed by atoms with Crippen LogP contribution in [0.15, 0.2) is 29.6 Å². The number of rotatable bonds is 5. The number of nitrogens with one attached hydrogen (secondary N) is 1. The Hall–Kier alpha value is -1.92.